The molecular weight excluding hydrogens is 190 g/mol. The van der Waals surface area contributed by atoms with Crippen LogP contribution in [0.15, 0.2) is 30.6 Å². The number of pyridine rings is 1. The van der Waals surface area contributed by atoms with Crippen LogP contribution in [-0.4, -0.2) is 21.3 Å². The minimum atomic E-state index is -0.0754. The average molecular weight is 203 g/mol. The van der Waals surface area contributed by atoms with Gasteiger partial charge in [-0.3, -0.25) is 9.20 Å². The third kappa shape index (κ3) is 1.83. The van der Waals surface area contributed by atoms with Crippen LogP contribution < -0.4 is 5.32 Å². The van der Waals surface area contributed by atoms with Gasteiger partial charge in [0.05, 0.1) is 0 Å². The van der Waals surface area contributed by atoms with Gasteiger partial charge >= 0.3 is 0 Å². The zero-order valence-corrected chi connectivity index (χ0v) is 8.77. The third-order valence-corrected chi connectivity index (χ3v) is 2.08. The number of carbonyl (C=O) groups excluding carboxylic acids is 1. The summed E-state index contributed by atoms with van der Waals surface area (Å²) in [5.41, 5.74) is 1.39. The second-order valence-corrected chi connectivity index (χ2v) is 3.69. The topological polar surface area (TPSA) is 46.4 Å². The normalized spacial score (nSPS) is 10.9. The molecule has 0 aliphatic heterocycles. The number of nitrogens with zero attached hydrogens (tertiary/aromatic N) is 2. The van der Waals surface area contributed by atoms with E-state index in [1.807, 2.05) is 26.0 Å². The van der Waals surface area contributed by atoms with E-state index in [0.29, 0.717) is 5.69 Å². The Balaban J connectivity index is 2.42. The Morgan fingerprint density at radius 1 is 1.47 bits per heavy atom. The lowest BCUT2D eigenvalue weighted by Crippen LogP contribution is -2.31. The highest BCUT2D eigenvalue weighted by atomic mass is 16.1. The smallest absolute Gasteiger partial charge is 0.268 e. The van der Waals surface area contributed by atoms with Crippen LogP contribution in [0.25, 0.3) is 5.65 Å². The number of aromatic nitrogens is 2. The SMILES string of the molecule is CC(C)NC(=O)c1cccc2nccn12. The first kappa shape index (κ1) is 9.71. The van der Waals surface area contributed by atoms with Gasteiger partial charge in [-0.15, -0.1) is 0 Å². The van der Waals surface area contributed by atoms with E-state index in [1.54, 1.807) is 22.9 Å². The van der Waals surface area contributed by atoms with Crippen LogP contribution >= 0.6 is 0 Å². The Kier molecular flexibility index (Phi) is 2.41. The first-order valence-corrected chi connectivity index (χ1v) is 4.91. The molecule has 0 aliphatic carbocycles. The Morgan fingerprint density at radius 3 is 3.00 bits per heavy atom. The number of rotatable bonds is 2. The molecule has 0 saturated carbocycles. The van der Waals surface area contributed by atoms with Crippen molar-refractivity contribution in [2.75, 3.05) is 0 Å². The molecule has 2 aromatic heterocycles. The Labute approximate surface area is 87.9 Å². The summed E-state index contributed by atoms with van der Waals surface area (Å²) in [6.45, 7) is 3.87. The lowest BCUT2D eigenvalue weighted by atomic mass is 10.3. The van der Waals surface area contributed by atoms with Crippen molar-refractivity contribution < 1.29 is 4.79 Å². The van der Waals surface area contributed by atoms with Crippen LogP contribution in [0.2, 0.25) is 0 Å². The molecule has 0 saturated heterocycles. The molecular formula is C11H13N3O. The summed E-state index contributed by atoms with van der Waals surface area (Å²) in [6.07, 6.45) is 3.46. The number of amides is 1. The van der Waals surface area contributed by atoms with Gasteiger partial charge in [-0.1, -0.05) is 6.07 Å². The van der Waals surface area contributed by atoms with Gasteiger partial charge in [0.1, 0.15) is 11.3 Å². The van der Waals surface area contributed by atoms with E-state index < -0.39 is 0 Å². The molecule has 0 aliphatic rings. The average Bonchev–Trinajstić information content (AvgIpc) is 2.63. The highest BCUT2D eigenvalue weighted by Crippen LogP contribution is 2.05. The molecule has 0 spiro atoms. The Hall–Kier alpha value is -1.84. The minimum absolute atomic E-state index is 0.0754. The monoisotopic (exact) mass is 203 g/mol. The summed E-state index contributed by atoms with van der Waals surface area (Å²) >= 11 is 0. The number of nitrogens with one attached hydrogen (secondary N) is 1. The lowest BCUT2D eigenvalue weighted by Gasteiger charge is -2.09. The summed E-state index contributed by atoms with van der Waals surface area (Å²) in [6, 6.07) is 5.62. The van der Waals surface area contributed by atoms with E-state index in [4.69, 9.17) is 0 Å². The molecule has 0 atom stereocenters. The second-order valence-electron chi connectivity index (χ2n) is 3.69. The van der Waals surface area contributed by atoms with Gasteiger partial charge in [0, 0.05) is 18.4 Å². The molecule has 78 valence electrons. The molecule has 0 bridgehead atoms. The molecule has 2 rings (SSSR count). The van der Waals surface area contributed by atoms with Gasteiger partial charge in [-0.05, 0) is 26.0 Å². The van der Waals surface area contributed by atoms with Crippen LogP contribution in [0.3, 0.4) is 0 Å². The van der Waals surface area contributed by atoms with Crippen molar-refractivity contribution in [2.24, 2.45) is 0 Å². The quantitative estimate of drug-likeness (QED) is 0.803. The zero-order valence-electron chi connectivity index (χ0n) is 8.77. The molecule has 0 radical (unpaired) electrons. The second kappa shape index (κ2) is 3.73. The van der Waals surface area contributed by atoms with E-state index in [-0.39, 0.29) is 11.9 Å². The van der Waals surface area contributed by atoms with Crippen LogP contribution in [0.4, 0.5) is 0 Å². The van der Waals surface area contributed by atoms with E-state index in [0.717, 1.165) is 5.65 Å². The standard InChI is InChI=1S/C11H13N3O/c1-8(2)13-11(15)9-4-3-5-10-12-6-7-14(9)10/h3-8H,1-2H3,(H,13,15). The first-order valence-electron chi connectivity index (χ1n) is 4.91. The highest BCUT2D eigenvalue weighted by Gasteiger charge is 2.10. The van der Waals surface area contributed by atoms with Crippen molar-refractivity contribution in [1.29, 1.82) is 0 Å². The van der Waals surface area contributed by atoms with Gasteiger partial charge in [0.15, 0.2) is 0 Å². The lowest BCUT2D eigenvalue weighted by molar-refractivity contribution is 0.0937. The van der Waals surface area contributed by atoms with Crippen molar-refractivity contribution in [3.63, 3.8) is 0 Å². The van der Waals surface area contributed by atoms with E-state index in [1.165, 1.54) is 0 Å². The van der Waals surface area contributed by atoms with Gasteiger partial charge in [-0.2, -0.15) is 0 Å². The molecule has 0 unspecified atom stereocenters. The molecule has 15 heavy (non-hydrogen) atoms. The largest absolute Gasteiger partial charge is 0.349 e. The maximum absolute atomic E-state index is 11.8. The van der Waals surface area contributed by atoms with Gasteiger partial charge in [0.2, 0.25) is 0 Å². The number of imidazole rings is 1. The molecule has 2 aromatic rings. The molecule has 4 heteroatoms. The molecule has 1 N–H and O–H groups in total. The molecule has 4 nitrogen and oxygen atoms in total. The van der Waals surface area contributed by atoms with Crippen molar-refractivity contribution in [2.45, 2.75) is 19.9 Å². The maximum Gasteiger partial charge on any atom is 0.268 e. The van der Waals surface area contributed by atoms with E-state index >= 15 is 0 Å². The zero-order chi connectivity index (χ0) is 10.8. The summed E-state index contributed by atoms with van der Waals surface area (Å²) in [5.74, 6) is -0.0754. The predicted octanol–water partition coefficient (Wildman–Crippen LogP) is 1.47. The predicted molar refractivity (Wildman–Crippen MR) is 57.8 cm³/mol. The van der Waals surface area contributed by atoms with Crippen molar-refractivity contribution >= 4 is 11.6 Å². The van der Waals surface area contributed by atoms with Crippen molar-refractivity contribution in [1.82, 2.24) is 14.7 Å². The van der Waals surface area contributed by atoms with Gasteiger partial charge < -0.3 is 5.32 Å². The minimum Gasteiger partial charge on any atom is -0.349 e. The van der Waals surface area contributed by atoms with Crippen LogP contribution in [0, 0.1) is 0 Å². The fourth-order valence-corrected chi connectivity index (χ4v) is 1.47. The van der Waals surface area contributed by atoms with Crippen molar-refractivity contribution in [3.05, 3.63) is 36.3 Å². The maximum atomic E-state index is 11.8. The number of hydrogen-bond acceptors (Lipinski definition) is 2. The Morgan fingerprint density at radius 2 is 2.27 bits per heavy atom. The number of fused-ring (bicyclic) bond motifs is 1. The molecule has 2 heterocycles. The molecule has 0 fully saturated rings. The fourth-order valence-electron chi connectivity index (χ4n) is 1.47. The molecule has 1 amide bonds. The Bertz CT molecular complexity index is 487. The summed E-state index contributed by atoms with van der Waals surface area (Å²) in [5, 5.41) is 2.85. The van der Waals surface area contributed by atoms with Crippen LogP contribution in [0.5, 0.6) is 0 Å². The highest BCUT2D eigenvalue weighted by molar-refractivity contribution is 5.93. The fraction of sp³-hybridized carbons (Fsp3) is 0.273. The van der Waals surface area contributed by atoms with Gasteiger partial charge in [-0.25, -0.2) is 4.98 Å². The van der Waals surface area contributed by atoms with Crippen molar-refractivity contribution in [3.8, 4) is 0 Å². The van der Waals surface area contributed by atoms with Crippen LogP contribution in [-0.2, 0) is 0 Å². The third-order valence-electron chi connectivity index (χ3n) is 2.08. The van der Waals surface area contributed by atoms with Crippen LogP contribution in [0.1, 0.15) is 24.3 Å². The number of hydrogen-bond donors (Lipinski definition) is 1. The van der Waals surface area contributed by atoms with Gasteiger partial charge in [0.25, 0.3) is 5.91 Å². The van der Waals surface area contributed by atoms with E-state index in [9.17, 15) is 4.79 Å². The summed E-state index contributed by atoms with van der Waals surface area (Å²) < 4.78 is 1.78. The summed E-state index contributed by atoms with van der Waals surface area (Å²) in [7, 11) is 0. The number of carbonyl (C=O) groups is 1. The molecule has 0 aromatic carbocycles. The first-order chi connectivity index (χ1) is 7.18. The summed E-state index contributed by atoms with van der Waals surface area (Å²) in [4.78, 5) is 15.9. The van der Waals surface area contributed by atoms with E-state index in [2.05, 4.69) is 10.3 Å².